The normalized spacial score (nSPS) is 11.6. The van der Waals surface area contributed by atoms with E-state index in [1.807, 2.05) is 19.1 Å². The van der Waals surface area contributed by atoms with E-state index in [-0.39, 0.29) is 5.62 Å². The van der Waals surface area contributed by atoms with Gasteiger partial charge in [-0.2, -0.15) is 4.98 Å². The second kappa shape index (κ2) is 6.69. The van der Waals surface area contributed by atoms with Crippen molar-refractivity contribution in [2.24, 2.45) is 5.10 Å². The van der Waals surface area contributed by atoms with E-state index >= 15 is 0 Å². The first-order valence-corrected chi connectivity index (χ1v) is 6.64. The molecule has 0 aliphatic carbocycles. The molecule has 0 saturated heterocycles. The molecular formula is C13H17N5O3. The number of unbranched alkanes of at least 4 members (excludes halogenated alkanes) is 1. The largest absolute Gasteiger partial charge is 0.497 e. The third-order valence-corrected chi connectivity index (χ3v) is 2.96. The summed E-state index contributed by atoms with van der Waals surface area (Å²) in [6.07, 6.45) is 1.86. The van der Waals surface area contributed by atoms with Crippen LogP contribution in [0.15, 0.2) is 29.4 Å². The maximum Gasteiger partial charge on any atom is 0.318 e. The van der Waals surface area contributed by atoms with Crippen molar-refractivity contribution in [2.45, 2.75) is 26.3 Å². The summed E-state index contributed by atoms with van der Waals surface area (Å²) in [4.78, 5) is 14.8. The van der Waals surface area contributed by atoms with Crippen LogP contribution in [0.5, 0.6) is 5.75 Å². The van der Waals surface area contributed by atoms with Crippen molar-refractivity contribution in [3.63, 3.8) is 0 Å². The van der Waals surface area contributed by atoms with Gasteiger partial charge in [0.1, 0.15) is 10.9 Å². The van der Waals surface area contributed by atoms with Gasteiger partial charge in [-0.25, -0.2) is 14.8 Å². The lowest BCUT2D eigenvalue weighted by atomic mass is 10.2. The van der Waals surface area contributed by atoms with Gasteiger partial charge in [0.25, 0.3) is 0 Å². The lowest BCUT2D eigenvalue weighted by Gasteiger charge is -2.01. The predicted octanol–water partition coefficient (Wildman–Crippen LogP) is 1.78. The van der Waals surface area contributed by atoms with E-state index in [1.54, 1.807) is 23.9 Å². The van der Waals surface area contributed by atoms with Crippen LogP contribution in [-0.2, 0) is 6.54 Å². The Morgan fingerprint density at radius 1 is 1.43 bits per heavy atom. The predicted molar refractivity (Wildman–Crippen MR) is 76.0 cm³/mol. The lowest BCUT2D eigenvalue weighted by Crippen LogP contribution is -2.21. The van der Waals surface area contributed by atoms with Gasteiger partial charge in [-0.05, 0) is 30.7 Å². The monoisotopic (exact) mass is 291 g/mol. The molecule has 1 aromatic carbocycles. The number of ether oxygens (including phenoxy) is 1. The van der Waals surface area contributed by atoms with Crippen molar-refractivity contribution in [3.8, 4) is 17.1 Å². The van der Waals surface area contributed by atoms with Crippen LogP contribution in [-0.4, -0.2) is 26.9 Å². The summed E-state index contributed by atoms with van der Waals surface area (Å²) in [6.45, 7) is 2.65. The number of aromatic nitrogens is 3. The van der Waals surface area contributed by atoms with Crippen LogP contribution in [0, 0.1) is 10.1 Å². The van der Waals surface area contributed by atoms with E-state index in [1.165, 1.54) is 0 Å². The van der Waals surface area contributed by atoms with Crippen molar-refractivity contribution in [1.29, 1.82) is 0 Å². The number of nitrogens with zero attached hydrogens (tertiary/aromatic N) is 4. The molecule has 0 unspecified atom stereocenters. The number of benzene rings is 1. The second-order valence-corrected chi connectivity index (χ2v) is 4.44. The molecule has 0 radical (unpaired) electrons. The number of aromatic amines is 1. The van der Waals surface area contributed by atoms with Crippen LogP contribution in [0.4, 0.5) is 0 Å². The molecule has 1 aromatic heterocycles. The first kappa shape index (κ1) is 14.8. The van der Waals surface area contributed by atoms with Crippen molar-refractivity contribution < 1.29 is 9.77 Å². The SMILES string of the molecule is CCCCn1[nH]c(-c2ccc(OC)cc2)n/c1=N\[N+](=O)[O-]. The molecule has 0 atom stereocenters. The number of hydrogen-bond acceptors (Lipinski definition) is 4. The summed E-state index contributed by atoms with van der Waals surface area (Å²) in [5.41, 5.74) is 0.880. The highest BCUT2D eigenvalue weighted by Gasteiger charge is 2.08. The molecular weight excluding hydrogens is 274 g/mol. The lowest BCUT2D eigenvalue weighted by molar-refractivity contribution is -0.491. The molecule has 1 heterocycles. The van der Waals surface area contributed by atoms with Crippen molar-refractivity contribution in [1.82, 2.24) is 14.8 Å². The van der Waals surface area contributed by atoms with Gasteiger partial charge < -0.3 is 4.74 Å². The highest BCUT2D eigenvalue weighted by molar-refractivity contribution is 5.55. The fourth-order valence-electron chi connectivity index (χ4n) is 1.86. The molecule has 21 heavy (non-hydrogen) atoms. The van der Waals surface area contributed by atoms with Crippen LogP contribution in [0.1, 0.15) is 19.8 Å². The van der Waals surface area contributed by atoms with Crippen molar-refractivity contribution >= 4 is 0 Å². The Balaban J connectivity index is 2.39. The maximum atomic E-state index is 10.6. The van der Waals surface area contributed by atoms with Crippen LogP contribution in [0.25, 0.3) is 11.4 Å². The number of aryl methyl sites for hydroxylation is 1. The quantitative estimate of drug-likeness (QED) is 0.647. The maximum absolute atomic E-state index is 10.6. The van der Waals surface area contributed by atoms with E-state index in [0.717, 1.165) is 24.2 Å². The van der Waals surface area contributed by atoms with E-state index in [4.69, 9.17) is 4.74 Å². The Hall–Kier alpha value is -2.64. The summed E-state index contributed by atoms with van der Waals surface area (Å²) in [5, 5.41) is 16.2. The van der Waals surface area contributed by atoms with Gasteiger partial charge in [0, 0.05) is 12.1 Å². The third-order valence-electron chi connectivity index (χ3n) is 2.96. The minimum absolute atomic E-state index is 0.0688. The molecule has 8 nitrogen and oxygen atoms in total. The number of methoxy groups -OCH3 is 1. The van der Waals surface area contributed by atoms with Gasteiger partial charge >= 0.3 is 5.62 Å². The zero-order chi connectivity index (χ0) is 15.2. The van der Waals surface area contributed by atoms with Gasteiger partial charge in [-0.15, -0.1) is 0 Å². The van der Waals surface area contributed by atoms with Crippen LogP contribution in [0.2, 0.25) is 0 Å². The number of nitro groups is 1. The Kier molecular flexibility index (Phi) is 4.70. The first-order valence-electron chi connectivity index (χ1n) is 6.64. The van der Waals surface area contributed by atoms with Gasteiger partial charge in [-0.1, -0.05) is 13.3 Å². The molecule has 0 fully saturated rings. The molecule has 8 heteroatoms. The Morgan fingerprint density at radius 3 is 2.71 bits per heavy atom. The van der Waals surface area contributed by atoms with Gasteiger partial charge in [-0.3, -0.25) is 5.10 Å². The van der Waals surface area contributed by atoms with Crippen LogP contribution in [0.3, 0.4) is 0 Å². The first-order chi connectivity index (χ1) is 10.1. The van der Waals surface area contributed by atoms with Crippen LogP contribution < -0.4 is 10.4 Å². The molecule has 0 aliphatic rings. The molecule has 2 aromatic rings. The molecule has 0 spiro atoms. The Bertz CT molecular complexity index is 672. The summed E-state index contributed by atoms with van der Waals surface area (Å²) < 4.78 is 6.69. The highest BCUT2D eigenvalue weighted by atomic mass is 16.7. The number of hydrogen-bond donors (Lipinski definition) is 1. The Morgan fingerprint density at radius 2 is 2.14 bits per heavy atom. The van der Waals surface area contributed by atoms with E-state index in [2.05, 4.69) is 15.2 Å². The standard InChI is InChI=1S/C13H17N5O3/c1-3-4-9-17-13(16-18(19)20)14-12(15-17)10-5-7-11(21-2)8-6-10/h5-8H,3-4,9H2,1-2H3,(H,14,15,16). The number of H-pyrrole nitrogens is 1. The number of rotatable bonds is 6. The zero-order valence-corrected chi connectivity index (χ0v) is 11.9. The fourth-order valence-corrected chi connectivity index (χ4v) is 1.86. The zero-order valence-electron chi connectivity index (χ0n) is 11.9. The summed E-state index contributed by atoms with van der Waals surface area (Å²) >= 11 is 0. The van der Waals surface area contributed by atoms with Gasteiger partial charge in [0.05, 0.1) is 7.11 Å². The van der Waals surface area contributed by atoms with E-state index < -0.39 is 5.03 Å². The van der Waals surface area contributed by atoms with Crippen molar-refractivity contribution in [3.05, 3.63) is 40.0 Å². The third kappa shape index (κ3) is 3.68. The average molecular weight is 291 g/mol. The van der Waals surface area contributed by atoms with Gasteiger partial charge in [0.15, 0.2) is 10.9 Å². The average Bonchev–Trinajstić information content (AvgIpc) is 2.87. The Labute approximate surface area is 121 Å². The van der Waals surface area contributed by atoms with E-state index in [9.17, 15) is 10.1 Å². The summed E-state index contributed by atoms with van der Waals surface area (Å²) in [6, 6.07) is 7.27. The molecule has 0 amide bonds. The topological polar surface area (TPSA) is 98.3 Å². The minimum Gasteiger partial charge on any atom is -0.497 e. The molecule has 1 N–H and O–H groups in total. The fraction of sp³-hybridized carbons (Fsp3) is 0.385. The molecule has 0 saturated carbocycles. The van der Waals surface area contributed by atoms with Gasteiger partial charge in [0.2, 0.25) is 0 Å². The summed E-state index contributed by atoms with van der Waals surface area (Å²) in [7, 11) is 1.59. The smallest absolute Gasteiger partial charge is 0.318 e. The molecule has 0 bridgehead atoms. The van der Waals surface area contributed by atoms with Crippen molar-refractivity contribution in [2.75, 3.05) is 7.11 Å². The summed E-state index contributed by atoms with van der Waals surface area (Å²) in [5.74, 6) is 1.27. The van der Waals surface area contributed by atoms with Crippen LogP contribution >= 0.6 is 0 Å². The number of nitrogens with one attached hydrogen (secondary N) is 1. The van der Waals surface area contributed by atoms with E-state index in [0.29, 0.717) is 12.4 Å². The molecule has 2 rings (SSSR count). The molecule has 112 valence electrons. The molecule has 0 aliphatic heterocycles. The minimum atomic E-state index is -0.740. The highest BCUT2D eigenvalue weighted by Crippen LogP contribution is 2.18. The second-order valence-electron chi connectivity index (χ2n) is 4.44.